The number of nitro groups is 1. The van der Waals surface area contributed by atoms with E-state index in [0.717, 1.165) is 34.0 Å². The fraction of sp³-hybridized carbons (Fsp3) is 0.294. The van der Waals surface area contributed by atoms with Crippen LogP contribution in [0.3, 0.4) is 0 Å². The molecule has 1 N–H and O–H groups in total. The average molecular weight is 419 g/mol. The topological polar surface area (TPSA) is 81.0 Å². The van der Waals surface area contributed by atoms with Crippen LogP contribution in [0, 0.1) is 16.0 Å². The van der Waals surface area contributed by atoms with E-state index in [1.54, 1.807) is 23.7 Å². The van der Waals surface area contributed by atoms with E-state index >= 15 is 0 Å². The van der Waals surface area contributed by atoms with Gasteiger partial charge in [-0.05, 0) is 52.7 Å². The maximum absolute atomic E-state index is 11.0. The molecule has 128 valence electrons. The quantitative estimate of drug-likeness (QED) is 0.465. The number of hydrogen-bond acceptors (Lipinski definition) is 6. The Hall–Kier alpha value is -2.06. The van der Waals surface area contributed by atoms with E-state index in [2.05, 4.69) is 38.1 Å². The largest absolute Gasteiger partial charge is 0.338 e. The van der Waals surface area contributed by atoms with Gasteiger partial charge in [0.2, 0.25) is 0 Å². The van der Waals surface area contributed by atoms with Crippen LogP contribution in [0.1, 0.15) is 23.8 Å². The fourth-order valence-electron chi connectivity index (χ4n) is 3.22. The Labute approximate surface area is 156 Å². The van der Waals surface area contributed by atoms with Gasteiger partial charge in [0.1, 0.15) is 17.0 Å². The van der Waals surface area contributed by atoms with Crippen molar-refractivity contribution >= 4 is 54.7 Å². The van der Waals surface area contributed by atoms with E-state index in [1.807, 2.05) is 0 Å². The normalized spacial score (nSPS) is 16.6. The summed E-state index contributed by atoms with van der Waals surface area (Å²) in [4.78, 5) is 21.8. The van der Waals surface area contributed by atoms with E-state index in [-0.39, 0.29) is 5.69 Å². The number of nitrogens with zero attached hydrogens (tertiary/aromatic N) is 3. The third kappa shape index (κ3) is 3.00. The molecule has 2 heterocycles. The predicted molar refractivity (Wildman–Crippen MR) is 103 cm³/mol. The number of nitrogens with one attached hydrogen (secondary N) is 1. The van der Waals surface area contributed by atoms with Crippen molar-refractivity contribution in [3.05, 3.63) is 49.6 Å². The molecule has 25 heavy (non-hydrogen) atoms. The number of benzene rings is 1. The van der Waals surface area contributed by atoms with Crippen molar-refractivity contribution in [3.8, 4) is 0 Å². The Kier molecular flexibility index (Phi) is 4.16. The Morgan fingerprint density at radius 2 is 2.24 bits per heavy atom. The highest BCUT2D eigenvalue weighted by molar-refractivity contribution is 9.10. The van der Waals surface area contributed by atoms with E-state index in [4.69, 9.17) is 0 Å². The number of fused-ring (bicyclic) bond motifs is 3. The molecule has 0 radical (unpaired) electrons. The summed E-state index contributed by atoms with van der Waals surface area (Å²) < 4.78 is 0.752. The molecule has 1 aliphatic carbocycles. The molecule has 3 aromatic rings. The first-order valence-corrected chi connectivity index (χ1v) is 9.60. The second kappa shape index (κ2) is 6.34. The molecule has 0 saturated heterocycles. The maximum Gasteiger partial charge on any atom is 0.271 e. The molecule has 0 fully saturated rings. The second-order valence-corrected chi connectivity index (χ2v) is 8.24. The molecule has 1 aromatic carbocycles. The first-order chi connectivity index (χ1) is 12.0. The lowest BCUT2D eigenvalue weighted by molar-refractivity contribution is -0.384. The summed E-state index contributed by atoms with van der Waals surface area (Å²) in [6.07, 6.45) is 4.81. The SMILES string of the molecule is CC1CCc2c(sc3ncnc(Nc4cc([N+](=O)[O-])ccc4Br)c23)C1. The Morgan fingerprint density at radius 1 is 1.40 bits per heavy atom. The van der Waals surface area contributed by atoms with E-state index in [9.17, 15) is 10.1 Å². The van der Waals surface area contributed by atoms with Gasteiger partial charge < -0.3 is 5.32 Å². The molecule has 6 nitrogen and oxygen atoms in total. The molecule has 0 amide bonds. The number of rotatable bonds is 3. The highest BCUT2D eigenvalue weighted by Crippen LogP contribution is 2.41. The minimum atomic E-state index is -0.402. The van der Waals surface area contributed by atoms with Gasteiger partial charge in [-0.1, -0.05) is 6.92 Å². The van der Waals surface area contributed by atoms with Gasteiger partial charge in [-0.3, -0.25) is 10.1 Å². The van der Waals surface area contributed by atoms with Crippen molar-refractivity contribution in [2.45, 2.75) is 26.2 Å². The number of hydrogen-bond donors (Lipinski definition) is 1. The van der Waals surface area contributed by atoms with Crippen LogP contribution >= 0.6 is 27.3 Å². The van der Waals surface area contributed by atoms with E-state index < -0.39 is 4.92 Å². The molecule has 0 saturated carbocycles. The number of anilines is 2. The van der Waals surface area contributed by atoms with Crippen molar-refractivity contribution in [1.29, 1.82) is 0 Å². The summed E-state index contributed by atoms with van der Waals surface area (Å²) in [6.45, 7) is 2.28. The first kappa shape index (κ1) is 16.4. The third-order valence-electron chi connectivity index (χ3n) is 4.51. The van der Waals surface area contributed by atoms with Gasteiger partial charge in [0.05, 0.1) is 16.0 Å². The highest BCUT2D eigenvalue weighted by atomic mass is 79.9. The molecule has 4 rings (SSSR count). The summed E-state index contributed by atoms with van der Waals surface area (Å²) >= 11 is 5.18. The Balaban J connectivity index is 1.80. The van der Waals surface area contributed by atoms with Crippen molar-refractivity contribution in [1.82, 2.24) is 9.97 Å². The van der Waals surface area contributed by atoms with Crippen molar-refractivity contribution in [2.24, 2.45) is 5.92 Å². The molecular formula is C17H15BrN4O2S. The van der Waals surface area contributed by atoms with Crippen LogP contribution in [0.4, 0.5) is 17.2 Å². The van der Waals surface area contributed by atoms with Gasteiger partial charge in [0.15, 0.2) is 0 Å². The van der Waals surface area contributed by atoms with Gasteiger partial charge in [-0.15, -0.1) is 11.3 Å². The first-order valence-electron chi connectivity index (χ1n) is 7.99. The molecule has 1 atom stereocenters. The van der Waals surface area contributed by atoms with Crippen LogP contribution in [0.5, 0.6) is 0 Å². The maximum atomic E-state index is 11.0. The molecule has 1 aliphatic rings. The van der Waals surface area contributed by atoms with Crippen molar-refractivity contribution in [2.75, 3.05) is 5.32 Å². The van der Waals surface area contributed by atoms with Crippen LogP contribution in [0.2, 0.25) is 0 Å². The van der Waals surface area contributed by atoms with Crippen molar-refractivity contribution in [3.63, 3.8) is 0 Å². The predicted octanol–water partition coefficient (Wildman–Crippen LogP) is 5.23. The molecule has 8 heteroatoms. The van der Waals surface area contributed by atoms with Crippen LogP contribution in [-0.4, -0.2) is 14.9 Å². The Morgan fingerprint density at radius 3 is 3.04 bits per heavy atom. The number of thiophene rings is 1. The van der Waals surface area contributed by atoms with Crippen molar-refractivity contribution < 1.29 is 4.92 Å². The molecule has 0 bridgehead atoms. The second-order valence-electron chi connectivity index (χ2n) is 6.30. The minimum Gasteiger partial charge on any atom is -0.338 e. The smallest absolute Gasteiger partial charge is 0.271 e. The number of aromatic nitrogens is 2. The number of nitro benzene ring substituents is 1. The van der Waals surface area contributed by atoms with Crippen LogP contribution in [0.25, 0.3) is 10.2 Å². The van der Waals surface area contributed by atoms with Gasteiger partial charge in [-0.2, -0.15) is 0 Å². The minimum absolute atomic E-state index is 0.0390. The molecule has 0 spiro atoms. The molecule has 0 aliphatic heterocycles. The van der Waals surface area contributed by atoms with E-state index in [0.29, 0.717) is 17.4 Å². The molecule has 1 unspecified atom stereocenters. The van der Waals surface area contributed by atoms with E-state index in [1.165, 1.54) is 22.6 Å². The standard InChI is InChI=1S/C17H15BrN4O2S/c1-9-2-4-11-14(6-9)25-17-15(11)16(19-8-20-17)21-13-7-10(22(23)24)3-5-12(13)18/h3,5,7-9H,2,4,6H2,1H3,(H,19,20,21). The number of non-ortho nitro benzene ring substituents is 1. The van der Waals surface area contributed by atoms with Crippen LogP contribution in [0.15, 0.2) is 29.0 Å². The summed E-state index contributed by atoms with van der Waals surface area (Å²) in [5.41, 5.74) is 1.98. The molecular weight excluding hydrogens is 404 g/mol. The summed E-state index contributed by atoms with van der Waals surface area (Å²) in [6, 6.07) is 4.65. The summed E-state index contributed by atoms with van der Waals surface area (Å²) in [7, 11) is 0. The average Bonchev–Trinajstić information content (AvgIpc) is 2.94. The lowest BCUT2D eigenvalue weighted by Gasteiger charge is -2.18. The van der Waals surface area contributed by atoms with Crippen LogP contribution < -0.4 is 5.32 Å². The lowest BCUT2D eigenvalue weighted by atomic mass is 9.89. The zero-order valence-electron chi connectivity index (χ0n) is 13.5. The van der Waals surface area contributed by atoms with Crippen LogP contribution in [-0.2, 0) is 12.8 Å². The zero-order valence-corrected chi connectivity index (χ0v) is 15.9. The lowest BCUT2D eigenvalue weighted by Crippen LogP contribution is -2.09. The third-order valence-corrected chi connectivity index (χ3v) is 6.36. The van der Waals surface area contributed by atoms with Gasteiger partial charge in [-0.25, -0.2) is 9.97 Å². The number of halogens is 1. The summed E-state index contributed by atoms with van der Waals surface area (Å²) in [5, 5.41) is 15.4. The summed E-state index contributed by atoms with van der Waals surface area (Å²) in [5.74, 6) is 1.40. The monoisotopic (exact) mass is 418 g/mol. The zero-order chi connectivity index (χ0) is 17.6. The molecule has 2 aromatic heterocycles. The fourth-order valence-corrected chi connectivity index (χ4v) is 4.92. The number of aryl methyl sites for hydroxylation is 1. The van der Waals surface area contributed by atoms with Gasteiger partial charge in [0, 0.05) is 21.5 Å². The Bertz CT molecular complexity index is 988. The highest BCUT2D eigenvalue weighted by Gasteiger charge is 2.23. The van der Waals surface area contributed by atoms with Gasteiger partial charge in [0.25, 0.3) is 5.69 Å². The van der Waals surface area contributed by atoms with Gasteiger partial charge >= 0.3 is 0 Å².